The lowest BCUT2D eigenvalue weighted by Crippen LogP contribution is -2.14. The number of halogens is 2. The topological polar surface area (TPSA) is 55.4 Å². The van der Waals surface area contributed by atoms with Crippen molar-refractivity contribution in [3.05, 3.63) is 65.2 Å². The number of benzene rings is 2. The van der Waals surface area contributed by atoms with E-state index in [1.54, 1.807) is 19.1 Å². The molecule has 0 spiro atoms. The number of nitrogens with one attached hydrogen (secondary N) is 1. The van der Waals surface area contributed by atoms with Gasteiger partial charge in [-0.3, -0.25) is 4.79 Å². The summed E-state index contributed by atoms with van der Waals surface area (Å²) in [5, 5.41) is 2.45. The van der Waals surface area contributed by atoms with Crippen LogP contribution >= 0.6 is 0 Å². The molecular weight excluding hydrogens is 292 g/mol. The highest BCUT2D eigenvalue weighted by atomic mass is 19.1. The molecule has 0 aliphatic carbocycles. The van der Waals surface area contributed by atoms with Gasteiger partial charge in [-0.15, -0.1) is 0 Å². The maximum absolute atomic E-state index is 13.5. The van der Waals surface area contributed by atoms with Crippen LogP contribution in [-0.2, 0) is 4.74 Å². The van der Waals surface area contributed by atoms with E-state index in [1.807, 2.05) is 0 Å². The van der Waals surface area contributed by atoms with Gasteiger partial charge in [0.2, 0.25) is 0 Å². The molecule has 0 aliphatic heterocycles. The molecule has 0 heterocycles. The Morgan fingerprint density at radius 2 is 1.91 bits per heavy atom. The lowest BCUT2D eigenvalue weighted by molar-refractivity contribution is 0.0526. The first-order valence-corrected chi connectivity index (χ1v) is 6.55. The Kier molecular flexibility index (Phi) is 4.83. The summed E-state index contributed by atoms with van der Waals surface area (Å²) >= 11 is 0. The third kappa shape index (κ3) is 3.66. The van der Waals surface area contributed by atoms with Gasteiger partial charge in [0.25, 0.3) is 5.91 Å². The van der Waals surface area contributed by atoms with E-state index >= 15 is 0 Å². The second-order valence-electron chi connectivity index (χ2n) is 4.38. The van der Waals surface area contributed by atoms with Gasteiger partial charge in [-0.25, -0.2) is 13.6 Å². The van der Waals surface area contributed by atoms with Crippen molar-refractivity contribution in [2.75, 3.05) is 11.9 Å². The first kappa shape index (κ1) is 15.6. The second kappa shape index (κ2) is 6.80. The van der Waals surface area contributed by atoms with Crippen LogP contribution in [0, 0.1) is 11.6 Å². The minimum atomic E-state index is -0.959. The molecule has 0 radical (unpaired) electrons. The summed E-state index contributed by atoms with van der Waals surface area (Å²) in [5.41, 5.74) is 0.279. The first-order valence-electron chi connectivity index (χ1n) is 6.55. The Labute approximate surface area is 125 Å². The quantitative estimate of drug-likeness (QED) is 0.881. The Morgan fingerprint density at radius 1 is 1.14 bits per heavy atom. The highest BCUT2D eigenvalue weighted by molar-refractivity contribution is 6.05. The Morgan fingerprint density at radius 3 is 2.59 bits per heavy atom. The fourth-order valence-electron chi connectivity index (χ4n) is 1.81. The molecule has 0 bridgehead atoms. The van der Waals surface area contributed by atoms with Crippen LogP contribution in [0.15, 0.2) is 42.5 Å². The normalized spacial score (nSPS) is 10.1. The van der Waals surface area contributed by atoms with Crippen molar-refractivity contribution in [2.24, 2.45) is 0 Å². The SMILES string of the molecule is CCOC(=O)c1cccc(NC(=O)c2ccc(F)cc2F)c1. The molecule has 0 atom stereocenters. The van der Waals surface area contributed by atoms with Crippen LogP contribution in [0.4, 0.5) is 14.5 Å². The highest BCUT2D eigenvalue weighted by Crippen LogP contribution is 2.15. The zero-order valence-electron chi connectivity index (χ0n) is 11.7. The van der Waals surface area contributed by atoms with Gasteiger partial charge in [0.05, 0.1) is 17.7 Å². The van der Waals surface area contributed by atoms with Crippen molar-refractivity contribution in [2.45, 2.75) is 6.92 Å². The monoisotopic (exact) mass is 305 g/mol. The lowest BCUT2D eigenvalue weighted by atomic mass is 10.1. The van der Waals surface area contributed by atoms with E-state index < -0.39 is 23.5 Å². The number of esters is 1. The van der Waals surface area contributed by atoms with Crippen molar-refractivity contribution in [1.82, 2.24) is 0 Å². The molecule has 0 saturated heterocycles. The summed E-state index contributed by atoms with van der Waals surface area (Å²) in [6.07, 6.45) is 0. The van der Waals surface area contributed by atoms with E-state index in [0.717, 1.165) is 12.1 Å². The molecule has 1 amide bonds. The van der Waals surface area contributed by atoms with Crippen molar-refractivity contribution in [3.8, 4) is 0 Å². The number of rotatable bonds is 4. The van der Waals surface area contributed by atoms with Crippen LogP contribution in [-0.4, -0.2) is 18.5 Å². The number of anilines is 1. The predicted molar refractivity (Wildman–Crippen MR) is 76.7 cm³/mol. The van der Waals surface area contributed by atoms with E-state index in [4.69, 9.17) is 4.74 Å². The van der Waals surface area contributed by atoms with Crippen LogP contribution < -0.4 is 5.32 Å². The van der Waals surface area contributed by atoms with Gasteiger partial charge >= 0.3 is 5.97 Å². The Bertz CT molecular complexity index is 716. The fourth-order valence-corrected chi connectivity index (χ4v) is 1.81. The number of amides is 1. The molecule has 22 heavy (non-hydrogen) atoms. The van der Waals surface area contributed by atoms with Gasteiger partial charge in [-0.05, 0) is 37.3 Å². The zero-order chi connectivity index (χ0) is 16.1. The van der Waals surface area contributed by atoms with E-state index in [9.17, 15) is 18.4 Å². The summed E-state index contributed by atoms with van der Waals surface area (Å²) in [5.74, 6) is -2.98. The Hall–Kier alpha value is -2.76. The summed E-state index contributed by atoms with van der Waals surface area (Å²) < 4.78 is 31.2. The standard InChI is InChI=1S/C16H13F2NO3/c1-2-22-16(21)10-4-3-5-12(8-10)19-15(20)13-7-6-11(17)9-14(13)18/h3-9H,2H2,1H3,(H,19,20). The molecule has 114 valence electrons. The van der Waals surface area contributed by atoms with Gasteiger partial charge in [0, 0.05) is 11.8 Å². The smallest absolute Gasteiger partial charge is 0.338 e. The van der Waals surface area contributed by atoms with Crippen LogP contribution in [0.5, 0.6) is 0 Å². The summed E-state index contributed by atoms with van der Waals surface area (Å²) in [6.45, 7) is 1.91. The molecule has 0 fully saturated rings. The molecule has 0 saturated carbocycles. The highest BCUT2D eigenvalue weighted by Gasteiger charge is 2.14. The van der Waals surface area contributed by atoms with Crippen molar-refractivity contribution < 1.29 is 23.1 Å². The van der Waals surface area contributed by atoms with Crippen molar-refractivity contribution in [3.63, 3.8) is 0 Å². The van der Waals surface area contributed by atoms with Crippen LogP contribution in [0.25, 0.3) is 0 Å². The Balaban J connectivity index is 2.18. The molecule has 1 N–H and O–H groups in total. The lowest BCUT2D eigenvalue weighted by Gasteiger charge is -2.08. The number of carbonyl (C=O) groups excluding carboxylic acids is 2. The number of hydrogen-bond donors (Lipinski definition) is 1. The van der Waals surface area contributed by atoms with E-state index in [2.05, 4.69) is 5.32 Å². The second-order valence-corrected chi connectivity index (χ2v) is 4.38. The molecule has 6 heteroatoms. The zero-order valence-corrected chi connectivity index (χ0v) is 11.7. The van der Waals surface area contributed by atoms with Crippen LogP contribution in [0.3, 0.4) is 0 Å². The first-order chi connectivity index (χ1) is 10.5. The molecule has 4 nitrogen and oxygen atoms in total. The van der Waals surface area contributed by atoms with Gasteiger partial charge in [-0.1, -0.05) is 6.07 Å². The largest absolute Gasteiger partial charge is 0.462 e. The summed E-state index contributed by atoms with van der Waals surface area (Å²) in [6, 6.07) is 8.72. The molecule has 0 aliphatic rings. The third-order valence-electron chi connectivity index (χ3n) is 2.81. The van der Waals surface area contributed by atoms with Crippen LogP contribution in [0.1, 0.15) is 27.6 Å². The molecule has 2 rings (SSSR count). The van der Waals surface area contributed by atoms with Gasteiger partial charge < -0.3 is 10.1 Å². The predicted octanol–water partition coefficient (Wildman–Crippen LogP) is 3.39. The van der Waals surface area contributed by atoms with Gasteiger partial charge in [0.15, 0.2) is 0 Å². The van der Waals surface area contributed by atoms with Crippen molar-refractivity contribution in [1.29, 1.82) is 0 Å². The fraction of sp³-hybridized carbons (Fsp3) is 0.125. The van der Waals surface area contributed by atoms with Crippen molar-refractivity contribution >= 4 is 17.6 Å². The van der Waals surface area contributed by atoms with E-state index in [-0.39, 0.29) is 17.7 Å². The number of ether oxygens (including phenoxy) is 1. The van der Waals surface area contributed by atoms with E-state index in [1.165, 1.54) is 12.1 Å². The van der Waals surface area contributed by atoms with Gasteiger partial charge in [-0.2, -0.15) is 0 Å². The summed E-state index contributed by atoms with van der Waals surface area (Å²) in [7, 11) is 0. The summed E-state index contributed by atoms with van der Waals surface area (Å²) in [4.78, 5) is 23.6. The number of hydrogen-bond acceptors (Lipinski definition) is 3. The third-order valence-corrected chi connectivity index (χ3v) is 2.81. The molecule has 2 aromatic rings. The van der Waals surface area contributed by atoms with Gasteiger partial charge in [0.1, 0.15) is 11.6 Å². The minimum absolute atomic E-state index is 0.232. The maximum Gasteiger partial charge on any atom is 0.338 e. The molecule has 2 aromatic carbocycles. The van der Waals surface area contributed by atoms with E-state index in [0.29, 0.717) is 11.8 Å². The van der Waals surface area contributed by atoms with Crippen LogP contribution in [0.2, 0.25) is 0 Å². The maximum atomic E-state index is 13.5. The average molecular weight is 305 g/mol. The number of carbonyl (C=O) groups is 2. The molecular formula is C16H13F2NO3. The molecule has 0 aromatic heterocycles. The minimum Gasteiger partial charge on any atom is -0.462 e. The molecule has 0 unspecified atom stereocenters. The average Bonchev–Trinajstić information content (AvgIpc) is 2.47.